The summed E-state index contributed by atoms with van der Waals surface area (Å²) in [6.45, 7) is 7.59. The molecule has 0 heterocycles. The topological polar surface area (TPSA) is 59.6 Å². The molecule has 0 saturated carbocycles. The van der Waals surface area contributed by atoms with E-state index in [0.29, 0.717) is 12.5 Å². The number of anilines is 1. The lowest BCUT2D eigenvalue weighted by atomic mass is 10.1. The average Bonchev–Trinajstić information content (AvgIpc) is 2.38. The first kappa shape index (κ1) is 15.5. The van der Waals surface area contributed by atoms with Gasteiger partial charge in [-0.3, -0.25) is 4.99 Å². The van der Waals surface area contributed by atoms with Crippen LogP contribution in [-0.2, 0) is 11.2 Å². The van der Waals surface area contributed by atoms with E-state index >= 15 is 0 Å². The smallest absolute Gasteiger partial charge is 0.193 e. The number of nitrogens with two attached hydrogens (primary N) is 1. The van der Waals surface area contributed by atoms with Crippen LogP contribution in [0.15, 0.2) is 29.3 Å². The number of ether oxygens (including phenoxy) is 1. The Balaban J connectivity index is 2.34. The fourth-order valence-electron chi connectivity index (χ4n) is 1.64. The summed E-state index contributed by atoms with van der Waals surface area (Å²) in [4.78, 5) is 4.28. The summed E-state index contributed by atoms with van der Waals surface area (Å²) in [5.41, 5.74) is 8.10. The first-order chi connectivity index (χ1) is 9.11. The summed E-state index contributed by atoms with van der Waals surface area (Å²) < 4.78 is 5.44. The SMILES string of the molecule is CCc1cccc(NC(N)=NCCCOC(C)C)c1. The highest BCUT2D eigenvalue weighted by Crippen LogP contribution is 2.10. The van der Waals surface area contributed by atoms with Gasteiger partial charge in [0.1, 0.15) is 0 Å². The van der Waals surface area contributed by atoms with Gasteiger partial charge in [-0.2, -0.15) is 0 Å². The predicted octanol–water partition coefficient (Wildman–Crippen LogP) is 2.79. The Labute approximate surface area is 116 Å². The van der Waals surface area contributed by atoms with Crippen molar-refractivity contribution < 1.29 is 4.74 Å². The van der Waals surface area contributed by atoms with Gasteiger partial charge in [-0.1, -0.05) is 19.1 Å². The van der Waals surface area contributed by atoms with Crippen LogP contribution >= 0.6 is 0 Å². The molecule has 0 aliphatic carbocycles. The molecule has 1 aromatic rings. The number of nitrogens with one attached hydrogen (secondary N) is 1. The van der Waals surface area contributed by atoms with E-state index in [9.17, 15) is 0 Å². The van der Waals surface area contributed by atoms with Crippen LogP contribution in [0.3, 0.4) is 0 Å². The Kier molecular flexibility index (Phi) is 6.97. The van der Waals surface area contributed by atoms with Gasteiger partial charge in [0.25, 0.3) is 0 Å². The minimum atomic E-state index is 0.274. The second kappa shape index (κ2) is 8.53. The molecule has 0 saturated heterocycles. The van der Waals surface area contributed by atoms with E-state index in [1.165, 1.54) is 5.56 Å². The quantitative estimate of drug-likeness (QED) is 0.452. The average molecular weight is 263 g/mol. The molecular formula is C15H25N3O. The highest BCUT2D eigenvalue weighted by Gasteiger charge is 1.97. The van der Waals surface area contributed by atoms with E-state index in [-0.39, 0.29) is 6.10 Å². The van der Waals surface area contributed by atoms with Gasteiger partial charge in [0.05, 0.1) is 6.10 Å². The van der Waals surface area contributed by atoms with Crippen LogP contribution in [0.4, 0.5) is 5.69 Å². The molecule has 0 aliphatic rings. The zero-order valence-corrected chi connectivity index (χ0v) is 12.1. The fraction of sp³-hybridized carbons (Fsp3) is 0.533. The van der Waals surface area contributed by atoms with Crippen molar-refractivity contribution in [1.29, 1.82) is 0 Å². The number of nitrogens with zero attached hydrogens (tertiary/aromatic N) is 1. The molecular weight excluding hydrogens is 238 g/mol. The van der Waals surface area contributed by atoms with Crippen LogP contribution in [0.5, 0.6) is 0 Å². The van der Waals surface area contributed by atoms with E-state index in [1.807, 2.05) is 26.0 Å². The number of guanidine groups is 1. The number of rotatable bonds is 7. The molecule has 4 heteroatoms. The summed E-state index contributed by atoms with van der Waals surface area (Å²) in [6.07, 6.45) is 2.17. The number of aryl methyl sites for hydroxylation is 1. The number of benzene rings is 1. The maximum atomic E-state index is 5.84. The second-order valence-corrected chi connectivity index (χ2v) is 4.72. The van der Waals surface area contributed by atoms with Crippen molar-refractivity contribution in [1.82, 2.24) is 0 Å². The molecule has 0 aromatic heterocycles. The molecule has 0 amide bonds. The van der Waals surface area contributed by atoms with E-state index in [0.717, 1.165) is 25.1 Å². The van der Waals surface area contributed by atoms with Crippen LogP contribution < -0.4 is 11.1 Å². The molecule has 3 N–H and O–H groups in total. The standard InChI is InChI=1S/C15H25N3O/c1-4-13-7-5-8-14(11-13)18-15(16)17-9-6-10-19-12(2)3/h5,7-8,11-12H,4,6,9-10H2,1-3H3,(H3,16,17,18). The van der Waals surface area contributed by atoms with Gasteiger partial charge < -0.3 is 15.8 Å². The van der Waals surface area contributed by atoms with Crippen molar-refractivity contribution in [2.45, 2.75) is 39.7 Å². The predicted molar refractivity (Wildman–Crippen MR) is 81.6 cm³/mol. The zero-order chi connectivity index (χ0) is 14.1. The minimum Gasteiger partial charge on any atom is -0.379 e. The first-order valence-corrected chi connectivity index (χ1v) is 6.89. The van der Waals surface area contributed by atoms with Crippen LogP contribution in [0.1, 0.15) is 32.8 Å². The summed E-state index contributed by atoms with van der Waals surface area (Å²) in [7, 11) is 0. The minimum absolute atomic E-state index is 0.274. The number of hydrogen-bond acceptors (Lipinski definition) is 2. The Hall–Kier alpha value is -1.55. The highest BCUT2D eigenvalue weighted by atomic mass is 16.5. The van der Waals surface area contributed by atoms with E-state index in [2.05, 4.69) is 29.4 Å². The largest absolute Gasteiger partial charge is 0.379 e. The van der Waals surface area contributed by atoms with Gasteiger partial charge in [-0.15, -0.1) is 0 Å². The van der Waals surface area contributed by atoms with Crippen LogP contribution in [-0.4, -0.2) is 25.2 Å². The molecule has 0 unspecified atom stereocenters. The molecule has 1 rings (SSSR count). The van der Waals surface area contributed by atoms with Crippen molar-refractivity contribution in [3.8, 4) is 0 Å². The number of hydrogen-bond donors (Lipinski definition) is 2. The normalized spacial score (nSPS) is 11.9. The van der Waals surface area contributed by atoms with Gasteiger partial charge in [-0.25, -0.2) is 0 Å². The Bertz CT molecular complexity index is 402. The van der Waals surface area contributed by atoms with Crippen molar-refractivity contribution in [3.05, 3.63) is 29.8 Å². The molecule has 0 fully saturated rings. The van der Waals surface area contributed by atoms with Crippen molar-refractivity contribution >= 4 is 11.6 Å². The lowest BCUT2D eigenvalue weighted by Gasteiger charge is -2.08. The molecule has 0 aliphatic heterocycles. The van der Waals surface area contributed by atoms with E-state index < -0.39 is 0 Å². The van der Waals surface area contributed by atoms with Gasteiger partial charge in [-0.05, 0) is 44.4 Å². The molecule has 0 radical (unpaired) electrons. The Morgan fingerprint density at radius 3 is 2.89 bits per heavy atom. The lowest BCUT2D eigenvalue weighted by Crippen LogP contribution is -2.23. The Morgan fingerprint density at radius 2 is 2.21 bits per heavy atom. The summed E-state index contributed by atoms with van der Waals surface area (Å²) in [5, 5.41) is 3.10. The van der Waals surface area contributed by atoms with Crippen LogP contribution in [0.25, 0.3) is 0 Å². The van der Waals surface area contributed by atoms with Crippen LogP contribution in [0.2, 0.25) is 0 Å². The molecule has 0 bridgehead atoms. The van der Waals surface area contributed by atoms with Gasteiger partial charge in [0.15, 0.2) is 5.96 Å². The van der Waals surface area contributed by atoms with Crippen molar-refractivity contribution in [3.63, 3.8) is 0 Å². The molecule has 1 aromatic carbocycles. The van der Waals surface area contributed by atoms with Crippen molar-refractivity contribution in [2.24, 2.45) is 10.7 Å². The third kappa shape index (κ3) is 6.82. The maximum Gasteiger partial charge on any atom is 0.193 e. The Morgan fingerprint density at radius 1 is 1.42 bits per heavy atom. The molecule has 0 spiro atoms. The van der Waals surface area contributed by atoms with E-state index in [4.69, 9.17) is 10.5 Å². The molecule has 19 heavy (non-hydrogen) atoms. The molecule has 4 nitrogen and oxygen atoms in total. The van der Waals surface area contributed by atoms with E-state index in [1.54, 1.807) is 0 Å². The summed E-state index contributed by atoms with van der Waals surface area (Å²) in [6, 6.07) is 8.19. The number of aliphatic imine (C=N–C) groups is 1. The highest BCUT2D eigenvalue weighted by molar-refractivity contribution is 5.92. The van der Waals surface area contributed by atoms with Gasteiger partial charge >= 0.3 is 0 Å². The van der Waals surface area contributed by atoms with Gasteiger partial charge in [0, 0.05) is 18.8 Å². The molecule has 106 valence electrons. The molecule has 0 atom stereocenters. The third-order valence-corrected chi connectivity index (χ3v) is 2.64. The summed E-state index contributed by atoms with van der Waals surface area (Å²) >= 11 is 0. The zero-order valence-electron chi connectivity index (χ0n) is 12.1. The third-order valence-electron chi connectivity index (χ3n) is 2.64. The first-order valence-electron chi connectivity index (χ1n) is 6.89. The lowest BCUT2D eigenvalue weighted by molar-refractivity contribution is 0.0783. The second-order valence-electron chi connectivity index (χ2n) is 4.72. The van der Waals surface area contributed by atoms with Crippen molar-refractivity contribution in [2.75, 3.05) is 18.5 Å². The maximum absolute atomic E-state index is 5.84. The fourth-order valence-corrected chi connectivity index (χ4v) is 1.64. The monoisotopic (exact) mass is 263 g/mol. The summed E-state index contributed by atoms with van der Waals surface area (Å²) in [5.74, 6) is 0.456. The van der Waals surface area contributed by atoms with Crippen LogP contribution in [0, 0.1) is 0 Å². The van der Waals surface area contributed by atoms with Gasteiger partial charge in [0.2, 0.25) is 0 Å².